The topological polar surface area (TPSA) is 42.2 Å². The molecule has 0 aliphatic heterocycles. The van der Waals surface area contributed by atoms with E-state index in [1.165, 1.54) is 0 Å². The zero-order valence-corrected chi connectivity index (χ0v) is 12.0. The number of hydrogen-bond donors (Lipinski definition) is 0. The summed E-state index contributed by atoms with van der Waals surface area (Å²) >= 11 is 3.33. The van der Waals surface area contributed by atoms with Gasteiger partial charge in [-0.25, -0.2) is 0 Å². The van der Waals surface area contributed by atoms with Crippen molar-refractivity contribution in [3.63, 3.8) is 0 Å². The van der Waals surface area contributed by atoms with E-state index in [0.717, 1.165) is 15.8 Å². The third-order valence-electron chi connectivity index (χ3n) is 2.62. The van der Waals surface area contributed by atoms with Gasteiger partial charge in [-0.15, -0.1) is 0 Å². The molecule has 0 amide bonds. The van der Waals surface area contributed by atoms with Gasteiger partial charge in [0.2, 0.25) is 0 Å². The van der Waals surface area contributed by atoms with Crippen LogP contribution in [0.2, 0.25) is 0 Å². The van der Waals surface area contributed by atoms with E-state index in [-0.39, 0.29) is 0 Å². The summed E-state index contributed by atoms with van der Waals surface area (Å²) in [4.78, 5) is 0. The molecule has 0 atom stereocenters. The minimum Gasteiger partial charge on any atom is -0.497 e. The maximum absolute atomic E-state index is 9.10. The van der Waals surface area contributed by atoms with Crippen LogP contribution in [0.1, 0.15) is 11.1 Å². The van der Waals surface area contributed by atoms with E-state index in [4.69, 9.17) is 14.7 Å². The lowest BCUT2D eigenvalue weighted by Gasteiger charge is -2.09. The van der Waals surface area contributed by atoms with Crippen molar-refractivity contribution >= 4 is 15.9 Å². The average Bonchev–Trinajstić information content (AvgIpc) is 2.45. The third-order valence-corrected chi connectivity index (χ3v) is 3.28. The second kappa shape index (κ2) is 6.26. The molecule has 0 fully saturated rings. The van der Waals surface area contributed by atoms with Crippen LogP contribution in [0.3, 0.4) is 0 Å². The summed E-state index contributed by atoms with van der Waals surface area (Å²) in [5.74, 6) is 1.36. The molecule has 4 heteroatoms. The Hall–Kier alpha value is -1.99. The predicted octanol–water partition coefficient (Wildman–Crippen LogP) is 3.91. The van der Waals surface area contributed by atoms with Crippen LogP contribution in [0.5, 0.6) is 11.5 Å². The maximum atomic E-state index is 9.10. The number of methoxy groups -OCH3 is 1. The van der Waals surface area contributed by atoms with Crippen molar-refractivity contribution in [1.29, 1.82) is 5.26 Å². The number of benzene rings is 2. The number of rotatable bonds is 4. The lowest BCUT2D eigenvalue weighted by molar-refractivity contribution is 0.304. The van der Waals surface area contributed by atoms with Crippen molar-refractivity contribution in [1.82, 2.24) is 0 Å². The van der Waals surface area contributed by atoms with Crippen molar-refractivity contribution in [2.75, 3.05) is 7.11 Å². The number of nitrogens with zero attached hydrogens (tertiary/aromatic N) is 1. The van der Waals surface area contributed by atoms with E-state index in [0.29, 0.717) is 17.9 Å². The highest BCUT2D eigenvalue weighted by molar-refractivity contribution is 9.10. The summed E-state index contributed by atoms with van der Waals surface area (Å²) in [6, 6.07) is 15.2. The van der Waals surface area contributed by atoms with Crippen molar-refractivity contribution in [3.05, 3.63) is 58.1 Å². The Labute approximate surface area is 120 Å². The van der Waals surface area contributed by atoms with Crippen LogP contribution in [0.4, 0.5) is 0 Å². The van der Waals surface area contributed by atoms with Crippen molar-refractivity contribution in [3.8, 4) is 17.6 Å². The van der Waals surface area contributed by atoms with Gasteiger partial charge < -0.3 is 9.47 Å². The Morgan fingerprint density at radius 1 is 1.21 bits per heavy atom. The van der Waals surface area contributed by atoms with Crippen LogP contribution in [0.25, 0.3) is 0 Å². The lowest BCUT2D eigenvalue weighted by atomic mass is 10.2. The number of hydrogen-bond acceptors (Lipinski definition) is 3. The van der Waals surface area contributed by atoms with Crippen LogP contribution < -0.4 is 9.47 Å². The van der Waals surface area contributed by atoms with Crippen LogP contribution in [-0.4, -0.2) is 7.11 Å². The zero-order chi connectivity index (χ0) is 13.7. The van der Waals surface area contributed by atoms with Crippen LogP contribution >= 0.6 is 15.9 Å². The Morgan fingerprint density at radius 3 is 2.74 bits per heavy atom. The number of halogens is 1. The fourth-order valence-electron chi connectivity index (χ4n) is 1.66. The summed E-state index contributed by atoms with van der Waals surface area (Å²) in [6.07, 6.45) is 0. The van der Waals surface area contributed by atoms with E-state index in [2.05, 4.69) is 22.0 Å². The van der Waals surface area contributed by atoms with E-state index >= 15 is 0 Å². The monoisotopic (exact) mass is 317 g/mol. The molecule has 0 heterocycles. The van der Waals surface area contributed by atoms with Crippen LogP contribution in [0.15, 0.2) is 46.9 Å². The molecule has 0 unspecified atom stereocenters. The summed E-state index contributed by atoms with van der Waals surface area (Å²) in [5.41, 5.74) is 1.49. The highest BCUT2D eigenvalue weighted by Gasteiger charge is 2.07. The first-order valence-corrected chi connectivity index (χ1v) is 6.48. The standard InChI is InChI=1S/C15H12BrNO2/c1-18-12-5-2-4-11(8-12)10-19-15-7-3-6-14(16)13(15)9-17/h2-8H,10H2,1H3. The van der Waals surface area contributed by atoms with Gasteiger partial charge in [-0.3, -0.25) is 0 Å². The van der Waals surface area contributed by atoms with Gasteiger partial charge in [-0.1, -0.05) is 18.2 Å². The third kappa shape index (κ3) is 3.27. The van der Waals surface area contributed by atoms with Gasteiger partial charge >= 0.3 is 0 Å². The fraction of sp³-hybridized carbons (Fsp3) is 0.133. The van der Waals surface area contributed by atoms with Crippen molar-refractivity contribution in [2.24, 2.45) is 0 Å². The molecule has 0 saturated carbocycles. The Balaban J connectivity index is 2.15. The molecule has 0 spiro atoms. The van der Waals surface area contributed by atoms with Crippen LogP contribution in [0, 0.1) is 11.3 Å². The lowest BCUT2D eigenvalue weighted by Crippen LogP contribution is -1.98. The van der Waals surface area contributed by atoms with E-state index < -0.39 is 0 Å². The molecule has 2 aromatic rings. The molecule has 0 saturated heterocycles. The summed E-state index contributed by atoms with van der Waals surface area (Å²) < 4.78 is 11.6. The molecular weight excluding hydrogens is 306 g/mol. The first kappa shape index (κ1) is 13.4. The van der Waals surface area contributed by atoms with Gasteiger partial charge in [0, 0.05) is 4.47 Å². The quantitative estimate of drug-likeness (QED) is 0.858. The van der Waals surface area contributed by atoms with E-state index in [1.807, 2.05) is 36.4 Å². The average molecular weight is 318 g/mol. The normalized spacial score (nSPS) is 9.74. The van der Waals surface area contributed by atoms with Gasteiger partial charge in [-0.2, -0.15) is 5.26 Å². The molecule has 0 aromatic heterocycles. The molecule has 0 radical (unpaired) electrons. The summed E-state index contributed by atoms with van der Waals surface area (Å²) in [5, 5.41) is 9.10. The molecule has 19 heavy (non-hydrogen) atoms. The smallest absolute Gasteiger partial charge is 0.138 e. The zero-order valence-electron chi connectivity index (χ0n) is 10.4. The van der Waals surface area contributed by atoms with Gasteiger partial charge in [0.1, 0.15) is 29.7 Å². The molecule has 2 rings (SSSR count). The Bertz CT molecular complexity index is 620. The predicted molar refractivity (Wildman–Crippen MR) is 76.2 cm³/mol. The number of nitriles is 1. The highest BCUT2D eigenvalue weighted by Crippen LogP contribution is 2.26. The molecule has 0 aliphatic carbocycles. The van der Waals surface area contributed by atoms with Crippen LogP contribution in [-0.2, 0) is 6.61 Å². The second-order valence-electron chi connectivity index (χ2n) is 3.86. The molecule has 2 aromatic carbocycles. The first-order valence-electron chi connectivity index (χ1n) is 5.69. The molecule has 0 bridgehead atoms. The van der Waals surface area contributed by atoms with Gasteiger partial charge in [0.25, 0.3) is 0 Å². The SMILES string of the molecule is COc1cccc(COc2cccc(Br)c2C#N)c1. The van der Waals surface area contributed by atoms with Crippen molar-refractivity contribution < 1.29 is 9.47 Å². The highest BCUT2D eigenvalue weighted by atomic mass is 79.9. The van der Waals surface area contributed by atoms with E-state index in [1.54, 1.807) is 13.2 Å². The van der Waals surface area contributed by atoms with E-state index in [9.17, 15) is 0 Å². The van der Waals surface area contributed by atoms with Gasteiger partial charge in [0.05, 0.1) is 7.11 Å². The second-order valence-corrected chi connectivity index (χ2v) is 4.72. The minimum absolute atomic E-state index is 0.391. The summed E-state index contributed by atoms with van der Waals surface area (Å²) in [7, 11) is 1.63. The number of ether oxygens (including phenoxy) is 2. The fourth-order valence-corrected chi connectivity index (χ4v) is 2.09. The molecular formula is C15H12BrNO2. The largest absolute Gasteiger partial charge is 0.497 e. The summed E-state index contributed by atoms with van der Waals surface area (Å²) in [6.45, 7) is 0.391. The first-order chi connectivity index (χ1) is 9.24. The van der Waals surface area contributed by atoms with Gasteiger partial charge in [0.15, 0.2) is 0 Å². The Kier molecular flexibility index (Phi) is 4.43. The molecule has 0 N–H and O–H groups in total. The Morgan fingerprint density at radius 2 is 2.00 bits per heavy atom. The maximum Gasteiger partial charge on any atom is 0.138 e. The molecule has 96 valence electrons. The van der Waals surface area contributed by atoms with Gasteiger partial charge in [-0.05, 0) is 45.8 Å². The molecule has 3 nitrogen and oxygen atoms in total. The molecule has 0 aliphatic rings. The van der Waals surface area contributed by atoms with Crippen molar-refractivity contribution in [2.45, 2.75) is 6.61 Å². The minimum atomic E-state index is 0.391.